The van der Waals surface area contributed by atoms with E-state index >= 15 is 0 Å². The van der Waals surface area contributed by atoms with Crippen molar-refractivity contribution in [2.45, 2.75) is 13.5 Å². The van der Waals surface area contributed by atoms with E-state index in [1.54, 1.807) is 6.92 Å². The van der Waals surface area contributed by atoms with Crippen molar-refractivity contribution in [3.05, 3.63) is 67.3 Å². The molecule has 1 fully saturated rings. The summed E-state index contributed by atoms with van der Waals surface area (Å²) in [4.78, 5) is 36.4. The van der Waals surface area contributed by atoms with Crippen molar-refractivity contribution in [3.63, 3.8) is 0 Å². The van der Waals surface area contributed by atoms with Crippen molar-refractivity contribution in [2.24, 2.45) is 0 Å². The lowest BCUT2D eigenvalue weighted by atomic mass is 10.1. The largest absolute Gasteiger partial charge is 0.500 e. The summed E-state index contributed by atoms with van der Waals surface area (Å²) in [6.07, 6.45) is 1.30. The zero-order chi connectivity index (χ0) is 22.0. The van der Waals surface area contributed by atoms with E-state index in [4.69, 9.17) is 16.3 Å². The molecule has 8 nitrogen and oxygen atoms in total. The molecule has 0 radical (unpaired) electrons. The Hall–Kier alpha value is -3.11. The second-order valence-corrected chi connectivity index (χ2v) is 7.48. The Bertz CT molecular complexity index is 1090. The highest BCUT2D eigenvalue weighted by Crippen LogP contribution is 2.40. The molecule has 3 rings (SSSR count). The van der Waals surface area contributed by atoms with Crippen molar-refractivity contribution in [2.75, 3.05) is 6.61 Å². The molecule has 1 aliphatic heterocycles. The Morgan fingerprint density at radius 3 is 2.70 bits per heavy atom. The maximum Gasteiger partial charge on any atom is 0.315 e. The molecule has 0 bridgehead atoms. The number of ether oxygens (including phenoxy) is 1. The average molecular weight is 453 g/mol. The topological polar surface area (TPSA) is 110 Å². The number of carbonyl (C=O) groups excluding carboxylic acids is 2. The predicted molar refractivity (Wildman–Crippen MR) is 109 cm³/mol. The fourth-order valence-corrected chi connectivity index (χ4v) is 3.78. The van der Waals surface area contributed by atoms with Gasteiger partial charge in [0.15, 0.2) is 5.75 Å². The van der Waals surface area contributed by atoms with Gasteiger partial charge in [0.2, 0.25) is 5.75 Å². The van der Waals surface area contributed by atoms with Gasteiger partial charge in [0, 0.05) is 11.1 Å². The fraction of sp³-hybridized carbons (Fsp3) is 0.158. The van der Waals surface area contributed by atoms with Crippen LogP contribution >= 0.6 is 23.4 Å². The Morgan fingerprint density at radius 1 is 1.33 bits per heavy atom. The molecule has 0 saturated carbocycles. The van der Waals surface area contributed by atoms with E-state index in [0.29, 0.717) is 17.3 Å². The van der Waals surface area contributed by atoms with Crippen molar-refractivity contribution in [1.82, 2.24) is 4.90 Å². The zero-order valence-electron chi connectivity index (χ0n) is 15.4. The minimum atomic E-state index is -0.780. The molecule has 156 valence electrons. The first-order valence-corrected chi connectivity index (χ1v) is 9.74. The van der Waals surface area contributed by atoms with Gasteiger partial charge in [0.25, 0.3) is 11.1 Å². The third-order valence-electron chi connectivity index (χ3n) is 4.09. The van der Waals surface area contributed by atoms with Crippen LogP contribution in [0, 0.1) is 15.9 Å². The van der Waals surface area contributed by atoms with Crippen LogP contribution < -0.4 is 4.74 Å². The number of thioether (sulfide) groups is 1. The number of nitrogens with zero attached hydrogens (tertiary/aromatic N) is 2. The first-order valence-electron chi connectivity index (χ1n) is 8.54. The number of benzene rings is 2. The van der Waals surface area contributed by atoms with Crippen LogP contribution in [0.5, 0.6) is 11.5 Å². The summed E-state index contributed by atoms with van der Waals surface area (Å²) in [7, 11) is 0. The van der Waals surface area contributed by atoms with E-state index in [1.807, 2.05) is 0 Å². The third kappa shape index (κ3) is 4.39. The predicted octanol–water partition coefficient (Wildman–Crippen LogP) is 4.73. The van der Waals surface area contributed by atoms with Gasteiger partial charge in [-0.25, -0.2) is 4.39 Å². The summed E-state index contributed by atoms with van der Waals surface area (Å²) in [5, 5.41) is 20.7. The number of amides is 2. The maximum atomic E-state index is 13.2. The number of hydrogen-bond donors (Lipinski definition) is 1. The van der Waals surface area contributed by atoms with Crippen LogP contribution in [0.2, 0.25) is 5.02 Å². The number of carbonyl (C=O) groups is 2. The minimum absolute atomic E-state index is 0.0284. The molecule has 11 heteroatoms. The second kappa shape index (κ2) is 8.72. The maximum absolute atomic E-state index is 13.2. The smallest absolute Gasteiger partial charge is 0.315 e. The molecule has 1 N–H and O–H groups in total. The number of hydrogen-bond acceptors (Lipinski definition) is 7. The van der Waals surface area contributed by atoms with E-state index in [1.165, 1.54) is 24.3 Å². The summed E-state index contributed by atoms with van der Waals surface area (Å²) in [5.74, 6) is -1.91. The van der Waals surface area contributed by atoms with E-state index < -0.39 is 33.3 Å². The highest BCUT2D eigenvalue weighted by atomic mass is 35.5. The zero-order valence-corrected chi connectivity index (χ0v) is 17.0. The van der Waals surface area contributed by atoms with Crippen LogP contribution in [0.3, 0.4) is 0 Å². The second-order valence-electron chi connectivity index (χ2n) is 6.08. The molecule has 1 heterocycles. The summed E-state index contributed by atoms with van der Waals surface area (Å²) < 4.78 is 18.4. The molecule has 0 unspecified atom stereocenters. The molecule has 1 saturated heterocycles. The monoisotopic (exact) mass is 452 g/mol. The number of imide groups is 1. The normalized spacial score (nSPS) is 15.2. The quantitative estimate of drug-likeness (QED) is 0.383. The molecular weight excluding hydrogens is 439 g/mol. The lowest BCUT2D eigenvalue weighted by Gasteiger charge is -2.13. The van der Waals surface area contributed by atoms with Crippen molar-refractivity contribution < 1.29 is 28.7 Å². The van der Waals surface area contributed by atoms with Gasteiger partial charge in [-0.3, -0.25) is 24.6 Å². The molecule has 0 aliphatic carbocycles. The first-order chi connectivity index (χ1) is 14.2. The van der Waals surface area contributed by atoms with Crippen LogP contribution in [-0.4, -0.2) is 32.7 Å². The highest BCUT2D eigenvalue weighted by Gasteiger charge is 2.35. The molecule has 1 aliphatic rings. The summed E-state index contributed by atoms with van der Waals surface area (Å²) in [5.41, 5.74) is -0.00157. The lowest BCUT2D eigenvalue weighted by Crippen LogP contribution is -2.27. The number of phenols is 1. The molecule has 0 aromatic heterocycles. The molecular formula is C19H14ClFN2O6S. The van der Waals surface area contributed by atoms with E-state index in [0.717, 1.165) is 17.0 Å². The molecule has 2 amide bonds. The van der Waals surface area contributed by atoms with Gasteiger partial charge in [-0.2, -0.15) is 0 Å². The molecule has 2 aromatic carbocycles. The van der Waals surface area contributed by atoms with Crippen LogP contribution in [0.1, 0.15) is 18.1 Å². The molecule has 30 heavy (non-hydrogen) atoms. The first kappa shape index (κ1) is 21.6. The Morgan fingerprint density at radius 2 is 2.07 bits per heavy atom. The van der Waals surface area contributed by atoms with Gasteiger partial charge in [-0.15, -0.1) is 0 Å². The van der Waals surface area contributed by atoms with Gasteiger partial charge >= 0.3 is 5.69 Å². The van der Waals surface area contributed by atoms with Crippen LogP contribution in [0.25, 0.3) is 6.08 Å². The van der Waals surface area contributed by atoms with E-state index in [2.05, 4.69) is 0 Å². The number of halogens is 2. The number of aromatic hydroxyl groups is 1. The summed E-state index contributed by atoms with van der Waals surface area (Å²) in [6, 6.07) is 6.03. The van der Waals surface area contributed by atoms with Gasteiger partial charge in [0.1, 0.15) is 5.82 Å². The van der Waals surface area contributed by atoms with Crippen molar-refractivity contribution in [1.29, 1.82) is 0 Å². The van der Waals surface area contributed by atoms with E-state index in [-0.39, 0.29) is 34.4 Å². The van der Waals surface area contributed by atoms with Gasteiger partial charge in [-0.1, -0.05) is 17.7 Å². The minimum Gasteiger partial charge on any atom is -0.500 e. The van der Waals surface area contributed by atoms with Crippen LogP contribution in [-0.2, 0) is 11.3 Å². The Kier molecular flexibility index (Phi) is 6.28. The molecule has 0 atom stereocenters. The SMILES string of the molecule is CCOc1cc(C=C2SC(=O)N(Cc3ccc(F)cc3Cl)C2=O)cc([N+](=O)[O-])c1O. The lowest BCUT2D eigenvalue weighted by molar-refractivity contribution is -0.386. The van der Waals surface area contributed by atoms with Crippen LogP contribution in [0.4, 0.5) is 14.9 Å². The molecule has 2 aromatic rings. The molecule has 0 spiro atoms. The highest BCUT2D eigenvalue weighted by molar-refractivity contribution is 8.18. The average Bonchev–Trinajstić information content (AvgIpc) is 2.93. The van der Waals surface area contributed by atoms with E-state index in [9.17, 15) is 29.2 Å². The fourth-order valence-electron chi connectivity index (χ4n) is 2.71. The number of rotatable bonds is 6. The summed E-state index contributed by atoms with van der Waals surface area (Å²) in [6.45, 7) is 1.65. The summed E-state index contributed by atoms with van der Waals surface area (Å²) >= 11 is 6.62. The number of nitro benzene ring substituents is 1. The standard InChI is InChI=1S/C19H14ClFN2O6S/c1-2-29-15-6-10(5-14(17(15)24)23(27)28)7-16-18(25)22(19(26)30-16)9-11-3-4-12(21)8-13(11)20/h3-8,24H,2,9H2,1H3. The van der Waals surface area contributed by atoms with Gasteiger partial charge < -0.3 is 9.84 Å². The number of phenolic OH excluding ortho intramolecular Hbond substituents is 1. The number of nitro groups is 1. The Labute approximate surface area is 179 Å². The Balaban J connectivity index is 1.92. The van der Waals surface area contributed by atoms with Crippen LogP contribution in [0.15, 0.2) is 35.2 Å². The van der Waals surface area contributed by atoms with Crippen molar-refractivity contribution in [3.8, 4) is 11.5 Å². The van der Waals surface area contributed by atoms with Crippen molar-refractivity contribution >= 4 is 46.3 Å². The third-order valence-corrected chi connectivity index (χ3v) is 5.35. The van der Waals surface area contributed by atoms with Gasteiger partial charge in [0.05, 0.1) is 23.0 Å². The van der Waals surface area contributed by atoms with Gasteiger partial charge in [-0.05, 0) is 54.1 Å².